The maximum absolute atomic E-state index is 12.4. The summed E-state index contributed by atoms with van der Waals surface area (Å²) in [6.07, 6.45) is 7.42. The number of rotatable bonds is 6. The van der Waals surface area contributed by atoms with Gasteiger partial charge in [0.25, 0.3) is 11.8 Å². The van der Waals surface area contributed by atoms with Crippen molar-refractivity contribution in [1.82, 2.24) is 15.1 Å². The Morgan fingerprint density at radius 3 is 2.56 bits per heavy atom. The molecule has 1 aromatic carbocycles. The van der Waals surface area contributed by atoms with Crippen molar-refractivity contribution in [1.29, 1.82) is 0 Å². The molecule has 0 aliphatic heterocycles. The molecule has 3 N–H and O–H groups in total. The van der Waals surface area contributed by atoms with Gasteiger partial charge >= 0.3 is 0 Å². The maximum Gasteiger partial charge on any atom is 0.271 e. The first-order valence-electron chi connectivity index (χ1n) is 8.88. The first kappa shape index (κ1) is 17.2. The molecule has 2 amide bonds. The third-order valence-electron chi connectivity index (χ3n) is 4.76. The van der Waals surface area contributed by atoms with Crippen LogP contribution in [0.4, 0.5) is 0 Å². The standard InChI is InChI=1S/C19H24N4O2/c20-18(24)17-13-16(22-23(17)15-9-5-2-6-10-15)19(25)21-12-11-14-7-3-1-4-8-14/h2,5-6,9-10,13-14H,1,3-4,7-8,11-12H2,(H2,20,24)(H,21,25). The Bertz CT molecular complexity index is 733. The molecular weight excluding hydrogens is 316 g/mol. The molecule has 1 fully saturated rings. The van der Waals surface area contributed by atoms with Gasteiger partial charge in [0.15, 0.2) is 5.69 Å². The summed E-state index contributed by atoms with van der Waals surface area (Å²) >= 11 is 0. The lowest BCUT2D eigenvalue weighted by atomic mass is 9.87. The zero-order valence-electron chi connectivity index (χ0n) is 14.3. The topological polar surface area (TPSA) is 90.0 Å². The van der Waals surface area contributed by atoms with Crippen molar-refractivity contribution in [2.45, 2.75) is 38.5 Å². The van der Waals surface area contributed by atoms with Crippen LogP contribution in [0.15, 0.2) is 36.4 Å². The number of para-hydroxylation sites is 1. The molecular formula is C19H24N4O2. The average Bonchev–Trinajstić information content (AvgIpc) is 3.09. The molecule has 1 aromatic heterocycles. The van der Waals surface area contributed by atoms with Crippen LogP contribution >= 0.6 is 0 Å². The molecule has 0 bridgehead atoms. The summed E-state index contributed by atoms with van der Waals surface area (Å²) in [6.45, 7) is 0.633. The molecule has 1 heterocycles. The van der Waals surface area contributed by atoms with Crippen molar-refractivity contribution < 1.29 is 9.59 Å². The molecule has 1 saturated carbocycles. The minimum atomic E-state index is -0.613. The van der Waals surface area contributed by atoms with Gasteiger partial charge in [0, 0.05) is 12.6 Å². The van der Waals surface area contributed by atoms with Gasteiger partial charge in [0.05, 0.1) is 5.69 Å². The molecule has 0 spiro atoms. The lowest BCUT2D eigenvalue weighted by molar-refractivity contribution is 0.0944. The summed E-state index contributed by atoms with van der Waals surface area (Å²) in [4.78, 5) is 24.0. The molecule has 0 atom stereocenters. The second-order valence-corrected chi connectivity index (χ2v) is 6.58. The van der Waals surface area contributed by atoms with Crippen LogP contribution in [0.25, 0.3) is 5.69 Å². The molecule has 132 valence electrons. The number of nitrogens with two attached hydrogens (primary N) is 1. The fourth-order valence-corrected chi connectivity index (χ4v) is 3.39. The SMILES string of the molecule is NC(=O)c1cc(C(=O)NCCC2CCCCC2)nn1-c1ccccc1. The molecule has 0 unspecified atom stereocenters. The molecule has 3 rings (SSSR count). The highest BCUT2D eigenvalue weighted by Gasteiger charge is 2.19. The summed E-state index contributed by atoms with van der Waals surface area (Å²) in [5.74, 6) is -0.178. The van der Waals surface area contributed by atoms with Crippen molar-refractivity contribution in [3.05, 3.63) is 47.8 Å². The van der Waals surface area contributed by atoms with E-state index in [-0.39, 0.29) is 17.3 Å². The Balaban J connectivity index is 1.67. The van der Waals surface area contributed by atoms with E-state index >= 15 is 0 Å². The van der Waals surface area contributed by atoms with Crippen LogP contribution in [-0.2, 0) is 0 Å². The first-order valence-corrected chi connectivity index (χ1v) is 8.88. The van der Waals surface area contributed by atoms with Crippen molar-refractivity contribution in [2.24, 2.45) is 11.7 Å². The summed E-state index contributed by atoms with van der Waals surface area (Å²) in [7, 11) is 0. The number of primary amides is 1. The van der Waals surface area contributed by atoms with Crippen molar-refractivity contribution in [2.75, 3.05) is 6.54 Å². The Labute approximate surface area is 147 Å². The quantitative estimate of drug-likeness (QED) is 0.847. The van der Waals surface area contributed by atoms with Crippen molar-refractivity contribution >= 4 is 11.8 Å². The van der Waals surface area contributed by atoms with Crippen LogP contribution in [0.1, 0.15) is 59.5 Å². The van der Waals surface area contributed by atoms with Crippen LogP contribution in [0.3, 0.4) is 0 Å². The normalized spacial score (nSPS) is 15.0. The number of nitrogens with zero attached hydrogens (tertiary/aromatic N) is 2. The van der Waals surface area contributed by atoms with Crippen LogP contribution in [0.2, 0.25) is 0 Å². The summed E-state index contributed by atoms with van der Waals surface area (Å²) in [6, 6.07) is 10.6. The fraction of sp³-hybridized carbons (Fsp3) is 0.421. The van der Waals surface area contributed by atoms with E-state index in [2.05, 4.69) is 10.4 Å². The monoisotopic (exact) mass is 340 g/mol. The van der Waals surface area contributed by atoms with E-state index in [9.17, 15) is 9.59 Å². The van der Waals surface area contributed by atoms with E-state index in [0.717, 1.165) is 6.42 Å². The number of nitrogens with one attached hydrogen (secondary N) is 1. The van der Waals surface area contributed by atoms with Gasteiger partial charge in [0.1, 0.15) is 5.69 Å². The lowest BCUT2D eigenvalue weighted by Crippen LogP contribution is -2.26. The fourth-order valence-electron chi connectivity index (χ4n) is 3.39. The predicted octanol–water partition coefficient (Wildman–Crippen LogP) is 2.67. The van der Waals surface area contributed by atoms with Crippen molar-refractivity contribution in [3.8, 4) is 5.69 Å². The number of benzene rings is 1. The summed E-state index contributed by atoms with van der Waals surface area (Å²) in [5, 5.41) is 7.18. The number of carbonyl (C=O) groups excluding carboxylic acids is 2. The smallest absolute Gasteiger partial charge is 0.271 e. The van der Waals surface area contributed by atoms with E-state index in [1.165, 1.54) is 42.9 Å². The maximum atomic E-state index is 12.4. The zero-order chi connectivity index (χ0) is 17.6. The van der Waals surface area contributed by atoms with Gasteiger partial charge in [-0.05, 0) is 24.5 Å². The van der Waals surface area contributed by atoms with Gasteiger partial charge in [-0.3, -0.25) is 9.59 Å². The van der Waals surface area contributed by atoms with Gasteiger partial charge in [0.2, 0.25) is 0 Å². The van der Waals surface area contributed by atoms with E-state index in [4.69, 9.17) is 5.73 Å². The van der Waals surface area contributed by atoms with E-state index in [0.29, 0.717) is 18.2 Å². The van der Waals surface area contributed by atoms with Gasteiger partial charge in [-0.1, -0.05) is 50.3 Å². The molecule has 6 heteroatoms. The number of aromatic nitrogens is 2. The highest BCUT2D eigenvalue weighted by molar-refractivity contribution is 5.97. The van der Waals surface area contributed by atoms with Crippen molar-refractivity contribution in [3.63, 3.8) is 0 Å². The number of hydrogen-bond acceptors (Lipinski definition) is 3. The Morgan fingerprint density at radius 1 is 1.16 bits per heavy atom. The molecule has 1 aliphatic carbocycles. The summed E-state index contributed by atoms with van der Waals surface area (Å²) < 4.78 is 1.42. The van der Waals surface area contributed by atoms with Crippen LogP contribution in [0, 0.1) is 5.92 Å². The molecule has 25 heavy (non-hydrogen) atoms. The number of amides is 2. The third-order valence-corrected chi connectivity index (χ3v) is 4.76. The van der Waals surface area contributed by atoms with Gasteiger partial charge in [-0.2, -0.15) is 5.10 Å². The molecule has 0 radical (unpaired) electrons. The Kier molecular flexibility index (Phi) is 5.48. The minimum Gasteiger partial charge on any atom is -0.364 e. The zero-order valence-corrected chi connectivity index (χ0v) is 14.3. The van der Waals surface area contributed by atoms with E-state index in [1.807, 2.05) is 30.3 Å². The minimum absolute atomic E-state index is 0.198. The second-order valence-electron chi connectivity index (χ2n) is 6.58. The van der Waals surface area contributed by atoms with Crippen LogP contribution in [-0.4, -0.2) is 28.1 Å². The molecule has 2 aromatic rings. The van der Waals surface area contributed by atoms with E-state index < -0.39 is 5.91 Å². The second kappa shape index (κ2) is 7.96. The highest BCUT2D eigenvalue weighted by atomic mass is 16.2. The average molecular weight is 340 g/mol. The van der Waals surface area contributed by atoms with Crippen LogP contribution < -0.4 is 11.1 Å². The number of hydrogen-bond donors (Lipinski definition) is 2. The third kappa shape index (κ3) is 4.26. The number of carbonyl (C=O) groups is 2. The molecule has 0 saturated heterocycles. The lowest BCUT2D eigenvalue weighted by Gasteiger charge is -2.21. The Hall–Kier alpha value is -2.63. The molecule has 1 aliphatic rings. The van der Waals surface area contributed by atoms with Gasteiger partial charge in [-0.15, -0.1) is 0 Å². The largest absolute Gasteiger partial charge is 0.364 e. The highest BCUT2D eigenvalue weighted by Crippen LogP contribution is 2.25. The van der Waals surface area contributed by atoms with Gasteiger partial charge < -0.3 is 11.1 Å². The van der Waals surface area contributed by atoms with Crippen LogP contribution in [0.5, 0.6) is 0 Å². The molecule has 6 nitrogen and oxygen atoms in total. The predicted molar refractivity (Wildman–Crippen MR) is 95.6 cm³/mol. The summed E-state index contributed by atoms with van der Waals surface area (Å²) in [5.41, 5.74) is 6.53. The first-order chi connectivity index (χ1) is 12.1. The Morgan fingerprint density at radius 2 is 1.88 bits per heavy atom. The van der Waals surface area contributed by atoms with E-state index in [1.54, 1.807) is 0 Å². The van der Waals surface area contributed by atoms with Gasteiger partial charge in [-0.25, -0.2) is 4.68 Å².